The third kappa shape index (κ3) is 3.94. The molecular weight excluding hydrogens is 394 g/mol. The van der Waals surface area contributed by atoms with E-state index in [1.807, 2.05) is 43.3 Å². The number of rotatable bonds is 7. The molecule has 0 unspecified atom stereocenters. The molecule has 158 valence electrons. The summed E-state index contributed by atoms with van der Waals surface area (Å²) < 4.78 is 12.2. The summed E-state index contributed by atoms with van der Waals surface area (Å²) in [6.07, 6.45) is 4.18. The molecule has 0 aliphatic rings. The van der Waals surface area contributed by atoms with Crippen molar-refractivity contribution < 1.29 is 19.1 Å². The predicted molar refractivity (Wildman–Crippen MR) is 117 cm³/mol. The molecule has 0 spiro atoms. The molecule has 7 nitrogen and oxygen atoms in total. The van der Waals surface area contributed by atoms with Gasteiger partial charge in [0.1, 0.15) is 11.4 Å². The van der Waals surface area contributed by atoms with Gasteiger partial charge in [-0.15, -0.1) is 0 Å². The molecule has 0 atom stereocenters. The number of esters is 1. The van der Waals surface area contributed by atoms with Crippen molar-refractivity contribution in [2.45, 2.75) is 20.3 Å². The van der Waals surface area contributed by atoms with E-state index in [0.29, 0.717) is 17.0 Å². The Morgan fingerprint density at radius 1 is 1.16 bits per heavy atom. The number of hydrogen-bond donors (Lipinski definition) is 1. The molecule has 7 heteroatoms. The number of nitrogens with one attached hydrogen (secondary N) is 1. The van der Waals surface area contributed by atoms with E-state index in [2.05, 4.69) is 17.0 Å². The number of para-hydroxylation sites is 1. The van der Waals surface area contributed by atoms with Gasteiger partial charge in [-0.25, -0.2) is 9.48 Å². The zero-order chi connectivity index (χ0) is 22.0. The molecule has 4 rings (SSSR count). The standard InChI is InChI=1S/C24H23N3O4/c1-4-16-6-5-7-17-18(13-25-23(16)17)21(28)14-31-24(29)19-10-11-27(26-19)20-12-15(2)8-9-22(20)30-3/h5-13,25H,4,14H2,1-3H3. The summed E-state index contributed by atoms with van der Waals surface area (Å²) in [5, 5.41) is 5.12. The van der Waals surface area contributed by atoms with Gasteiger partial charge in [-0.3, -0.25) is 4.79 Å². The average molecular weight is 417 g/mol. The van der Waals surface area contributed by atoms with Gasteiger partial charge in [0, 0.05) is 28.9 Å². The molecule has 2 aromatic carbocycles. The SMILES string of the molecule is CCc1cccc2c(C(=O)COC(=O)c3ccn(-c4cc(C)ccc4OC)n3)c[nH]c12. The number of benzene rings is 2. The topological polar surface area (TPSA) is 86.2 Å². The molecule has 0 aliphatic heterocycles. The average Bonchev–Trinajstić information content (AvgIpc) is 3.44. The molecule has 4 aromatic rings. The summed E-state index contributed by atoms with van der Waals surface area (Å²) in [7, 11) is 1.58. The lowest BCUT2D eigenvalue weighted by molar-refractivity contribution is 0.0469. The fourth-order valence-corrected chi connectivity index (χ4v) is 3.57. The number of carbonyl (C=O) groups is 2. The molecule has 2 aromatic heterocycles. The molecule has 0 saturated carbocycles. The number of aromatic amines is 1. The highest BCUT2D eigenvalue weighted by atomic mass is 16.5. The number of carbonyl (C=O) groups excluding carboxylic acids is 2. The first-order chi connectivity index (χ1) is 15.0. The quantitative estimate of drug-likeness (QED) is 0.358. The number of hydrogen-bond acceptors (Lipinski definition) is 5. The van der Waals surface area contributed by atoms with E-state index in [-0.39, 0.29) is 18.1 Å². The zero-order valence-corrected chi connectivity index (χ0v) is 17.6. The van der Waals surface area contributed by atoms with Gasteiger partial charge in [-0.1, -0.05) is 31.2 Å². The molecule has 0 aliphatic carbocycles. The number of nitrogens with zero attached hydrogens (tertiary/aromatic N) is 2. The lowest BCUT2D eigenvalue weighted by Gasteiger charge is -2.09. The predicted octanol–water partition coefficient (Wildman–Crippen LogP) is 4.27. The second kappa shape index (κ2) is 8.47. The first-order valence-corrected chi connectivity index (χ1v) is 10.0. The first-order valence-electron chi connectivity index (χ1n) is 10.0. The maximum absolute atomic E-state index is 12.7. The lowest BCUT2D eigenvalue weighted by Crippen LogP contribution is -2.15. The summed E-state index contributed by atoms with van der Waals surface area (Å²) in [5.41, 5.74) is 4.43. The number of ether oxygens (including phenoxy) is 2. The highest BCUT2D eigenvalue weighted by Gasteiger charge is 2.18. The Labute approximate surface area is 179 Å². The second-order valence-corrected chi connectivity index (χ2v) is 7.22. The van der Waals surface area contributed by atoms with Crippen LogP contribution in [0, 0.1) is 6.92 Å². The van der Waals surface area contributed by atoms with Gasteiger partial charge < -0.3 is 14.5 Å². The van der Waals surface area contributed by atoms with E-state index in [9.17, 15) is 9.59 Å². The highest BCUT2D eigenvalue weighted by Crippen LogP contribution is 2.24. The molecule has 0 amide bonds. The number of H-pyrrole nitrogens is 1. The fourth-order valence-electron chi connectivity index (χ4n) is 3.57. The molecule has 1 N–H and O–H groups in total. The van der Waals surface area contributed by atoms with Crippen LogP contribution >= 0.6 is 0 Å². The van der Waals surface area contributed by atoms with Crippen LogP contribution < -0.4 is 4.74 Å². The highest BCUT2D eigenvalue weighted by molar-refractivity contribution is 6.09. The van der Waals surface area contributed by atoms with Gasteiger partial charge in [0.15, 0.2) is 12.3 Å². The van der Waals surface area contributed by atoms with Crippen molar-refractivity contribution in [3.8, 4) is 11.4 Å². The summed E-state index contributed by atoms with van der Waals surface area (Å²) in [6, 6.07) is 13.1. The first kappa shape index (κ1) is 20.4. The Morgan fingerprint density at radius 3 is 2.77 bits per heavy atom. The van der Waals surface area contributed by atoms with Crippen LogP contribution in [0.3, 0.4) is 0 Å². The van der Waals surface area contributed by atoms with Gasteiger partial charge in [0.2, 0.25) is 5.78 Å². The maximum Gasteiger partial charge on any atom is 0.359 e. The molecule has 31 heavy (non-hydrogen) atoms. The van der Waals surface area contributed by atoms with Crippen LogP contribution in [0.1, 0.15) is 38.9 Å². The summed E-state index contributed by atoms with van der Waals surface area (Å²) in [6.45, 7) is 3.66. The van der Waals surface area contributed by atoms with E-state index < -0.39 is 5.97 Å². The van der Waals surface area contributed by atoms with Crippen LogP contribution in [0.25, 0.3) is 16.6 Å². The van der Waals surface area contributed by atoms with Gasteiger partial charge in [-0.2, -0.15) is 5.10 Å². The lowest BCUT2D eigenvalue weighted by atomic mass is 10.1. The van der Waals surface area contributed by atoms with Crippen molar-refractivity contribution in [2.75, 3.05) is 13.7 Å². The number of ketones is 1. The van der Waals surface area contributed by atoms with Crippen LogP contribution in [0.4, 0.5) is 0 Å². The van der Waals surface area contributed by atoms with Crippen molar-refractivity contribution in [1.82, 2.24) is 14.8 Å². The number of methoxy groups -OCH3 is 1. The van der Waals surface area contributed by atoms with Gasteiger partial charge in [0.25, 0.3) is 0 Å². The van der Waals surface area contributed by atoms with Gasteiger partial charge in [0.05, 0.1) is 7.11 Å². The molecule has 0 saturated heterocycles. The summed E-state index contributed by atoms with van der Waals surface area (Å²) >= 11 is 0. The van der Waals surface area contributed by atoms with Crippen molar-refractivity contribution in [3.63, 3.8) is 0 Å². The molecule has 0 fully saturated rings. The Hall–Kier alpha value is -3.87. The molecule has 2 heterocycles. The number of aryl methyl sites for hydroxylation is 2. The number of aromatic nitrogens is 3. The minimum atomic E-state index is -0.659. The zero-order valence-electron chi connectivity index (χ0n) is 17.6. The number of fused-ring (bicyclic) bond motifs is 1. The Balaban J connectivity index is 1.48. The van der Waals surface area contributed by atoms with E-state index in [0.717, 1.165) is 28.5 Å². The maximum atomic E-state index is 12.7. The molecular formula is C24H23N3O4. The Bertz CT molecular complexity index is 1270. The van der Waals surface area contributed by atoms with E-state index in [4.69, 9.17) is 9.47 Å². The Kier molecular flexibility index (Phi) is 5.58. The summed E-state index contributed by atoms with van der Waals surface area (Å²) in [5.74, 6) is -0.296. The number of Topliss-reactive ketones (excluding diaryl/α,β-unsaturated/α-hetero) is 1. The minimum Gasteiger partial charge on any atom is -0.494 e. The normalized spacial score (nSPS) is 10.9. The van der Waals surface area contributed by atoms with Crippen molar-refractivity contribution in [2.24, 2.45) is 0 Å². The van der Waals surface area contributed by atoms with Gasteiger partial charge >= 0.3 is 5.97 Å². The minimum absolute atomic E-state index is 0.114. The van der Waals surface area contributed by atoms with Crippen LogP contribution in [-0.2, 0) is 11.2 Å². The van der Waals surface area contributed by atoms with Crippen molar-refractivity contribution in [3.05, 3.63) is 77.2 Å². The third-order valence-electron chi connectivity index (χ3n) is 5.20. The van der Waals surface area contributed by atoms with Crippen LogP contribution in [0.2, 0.25) is 0 Å². The largest absolute Gasteiger partial charge is 0.494 e. The van der Waals surface area contributed by atoms with E-state index in [1.54, 1.807) is 30.3 Å². The fraction of sp³-hybridized carbons (Fsp3) is 0.208. The van der Waals surface area contributed by atoms with E-state index >= 15 is 0 Å². The van der Waals surface area contributed by atoms with Crippen LogP contribution in [0.15, 0.2) is 54.9 Å². The van der Waals surface area contributed by atoms with E-state index in [1.165, 1.54) is 0 Å². The molecule has 0 radical (unpaired) electrons. The summed E-state index contributed by atoms with van der Waals surface area (Å²) in [4.78, 5) is 28.3. The molecule has 0 bridgehead atoms. The van der Waals surface area contributed by atoms with Crippen LogP contribution in [-0.4, -0.2) is 40.2 Å². The smallest absolute Gasteiger partial charge is 0.359 e. The monoisotopic (exact) mass is 417 g/mol. The van der Waals surface area contributed by atoms with Crippen molar-refractivity contribution >= 4 is 22.7 Å². The second-order valence-electron chi connectivity index (χ2n) is 7.22. The third-order valence-corrected chi connectivity index (χ3v) is 5.20. The van der Waals surface area contributed by atoms with Crippen LogP contribution in [0.5, 0.6) is 5.75 Å². The van der Waals surface area contributed by atoms with Gasteiger partial charge in [-0.05, 0) is 42.7 Å². The Morgan fingerprint density at radius 2 is 2.00 bits per heavy atom. The van der Waals surface area contributed by atoms with Crippen molar-refractivity contribution in [1.29, 1.82) is 0 Å².